The third-order valence-corrected chi connectivity index (χ3v) is 2.59. The predicted octanol–water partition coefficient (Wildman–Crippen LogP) is 1.60. The number of amides is 1. The van der Waals surface area contributed by atoms with Crippen LogP contribution in [0.5, 0.6) is 11.5 Å². The number of hydrogen-bond acceptors (Lipinski definition) is 4. The Bertz CT molecular complexity index is 406. The lowest BCUT2D eigenvalue weighted by Gasteiger charge is -2.21. The van der Waals surface area contributed by atoms with Gasteiger partial charge in [-0.1, -0.05) is 0 Å². The molecule has 2 N–H and O–H groups in total. The summed E-state index contributed by atoms with van der Waals surface area (Å²) in [7, 11) is 0. The van der Waals surface area contributed by atoms with Crippen LogP contribution in [0.25, 0.3) is 0 Å². The standard InChI is InChI=1S/C13H19NO4/c1-3-14(7-8-18-4-2)13(17)11-6-5-10(15)9-12(11)16/h5-6,9,15-16H,3-4,7-8H2,1-2H3. The number of nitrogens with zero attached hydrogens (tertiary/aromatic N) is 1. The normalized spacial score (nSPS) is 10.3. The summed E-state index contributed by atoms with van der Waals surface area (Å²) in [6.45, 7) is 5.84. The Morgan fingerprint density at radius 1 is 1.33 bits per heavy atom. The van der Waals surface area contributed by atoms with Crippen LogP contribution in [-0.4, -0.2) is 47.3 Å². The number of carbonyl (C=O) groups is 1. The summed E-state index contributed by atoms with van der Waals surface area (Å²) in [4.78, 5) is 13.7. The first kappa shape index (κ1) is 14.3. The molecule has 0 aliphatic heterocycles. The molecule has 100 valence electrons. The minimum Gasteiger partial charge on any atom is -0.508 e. The molecule has 0 aromatic heterocycles. The highest BCUT2D eigenvalue weighted by Gasteiger charge is 2.17. The number of benzene rings is 1. The molecular formula is C13H19NO4. The molecule has 0 aliphatic carbocycles. The molecule has 0 saturated heterocycles. The van der Waals surface area contributed by atoms with E-state index >= 15 is 0 Å². The van der Waals surface area contributed by atoms with Crippen molar-refractivity contribution in [3.8, 4) is 11.5 Å². The zero-order valence-corrected chi connectivity index (χ0v) is 10.7. The largest absolute Gasteiger partial charge is 0.508 e. The highest BCUT2D eigenvalue weighted by molar-refractivity contribution is 5.97. The van der Waals surface area contributed by atoms with Gasteiger partial charge in [-0.2, -0.15) is 0 Å². The maximum absolute atomic E-state index is 12.1. The van der Waals surface area contributed by atoms with Crippen molar-refractivity contribution in [2.24, 2.45) is 0 Å². The molecule has 0 fully saturated rings. The molecule has 0 radical (unpaired) electrons. The summed E-state index contributed by atoms with van der Waals surface area (Å²) < 4.78 is 5.20. The van der Waals surface area contributed by atoms with Gasteiger partial charge in [0.25, 0.3) is 5.91 Å². The van der Waals surface area contributed by atoms with E-state index in [1.54, 1.807) is 4.90 Å². The third-order valence-electron chi connectivity index (χ3n) is 2.59. The van der Waals surface area contributed by atoms with E-state index in [1.807, 2.05) is 13.8 Å². The maximum Gasteiger partial charge on any atom is 0.257 e. The lowest BCUT2D eigenvalue weighted by molar-refractivity contribution is 0.0666. The van der Waals surface area contributed by atoms with E-state index < -0.39 is 0 Å². The summed E-state index contributed by atoms with van der Waals surface area (Å²) >= 11 is 0. The molecule has 0 aliphatic rings. The molecule has 0 bridgehead atoms. The van der Waals surface area contributed by atoms with Crippen molar-refractivity contribution in [1.29, 1.82) is 0 Å². The van der Waals surface area contributed by atoms with Gasteiger partial charge in [0, 0.05) is 25.8 Å². The fourth-order valence-corrected chi connectivity index (χ4v) is 1.59. The summed E-state index contributed by atoms with van der Waals surface area (Å²) in [5, 5.41) is 18.8. The number of hydrogen-bond donors (Lipinski definition) is 2. The van der Waals surface area contributed by atoms with Gasteiger partial charge in [0.2, 0.25) is 0 Å². The Morgan fingerprint density at radius 3 is 2.61 bits per heavy atom. The van der Waals surface area contributed by atoms with E-state index in [-0.39, 0.29) is 23.0 Å². The number of likely N-dealkylation sites (N-methyl/N-ethyl adjacent to an activating group) is 1. The van der Waals surface area contributed by atoms with Gasteiger partial charge in [-0.25, -0.2) is 0 Å². The fourth-order valence-electron chi connectivity index (χ4n) is 1.59. The number of phenolic OH excluding ortho intramolecular Hbond substituents is 2. The fraction of sp³-hybridized carbons (Fsp3) is 0.462. The Kier molecular flexibility index (Phi) is 5.45. The van der Waals surface area contributed by atoms with Crippen LogP contribution in [-0.2, 0) is 4.74 Å². The van der Waals surface area contributed by atoms with Crippen molar-refractivity contribution < 1.29 is 19.7 Å². The molecule has 0 spiro atoms. The lowest BCUT2D eigenvalue weighted by Crippen LogP contribution is -2.33. The zero-order chi connectivity index (χ0) is 13.5. The highest BCUT2D eigenvalue weighted by atomic mass is 16.5. The molecule has 0 heterocycles. The predicted molar refractivity (Wildman–Crippen MR) is 67.8 cm³/mol. The van der Waals surface area contributed by atoms with Crippen molar-refractivity contribution in [2.45, 2.75) is 13.8 Å². The minimum atomic E-state index is -0.269. The molecule has 1 aromatic rings. The van der Waals surface area contributed by atoms with E-state index in [4.69, 9.17) is 4.74 Å². The van der Waals surface area contributed by atoms with Crippen LogP contribution in [0.3, 0.4) is 0 Å². The summed E-state index contributed by atoms with van der Waals surface area (Å²) in [5.41, 5.74) is 0.186. The third kappa shape index (κ3) is 3.63. The van der Waals surface area contributed by atoms with Crippen LogP contribution in [0.2, 0.25) is 0 Å². The molecule has 18 heavy (non-hydrogen) atoms. The van der Waals surface area contributed by atoms with Gasteiger partial charge in [0.05, 0.1) is 12.2 Å². The van der Waals surface area contributed by atoms with E-state index in [0.29, 0.717) is 26.3 Å². The highest BCUT2D eigenvalue weighted by Crippen LogP contribution is 2.23. The minimum absolute atomic E-state index is 0.0681. The number of carbonyl (C=O) groups excluding carboxylic acids is 1. The maximum atomic E-state index is 12.1. The molecule has 1 amide bonds. The SMILES string of the molecule is CCOCCN(CC)C(=O)c1ccc(O)cc1O. The first-order chi connectivity index (χ1) is 8.60. The first-order valence-electron chi connectivity index (χ1n) is 5.99. The second-order valence-electron chi connectivity index (χ2n) is 3.78. The lowest BCUT2D eigenvalue weighted by atomic mass is 10.1. The van der Waals surface area contributed by atoms with E-state index in [9.17, 15) is 15.0 Å². The van der Waals surface area contributed by atoms with Gasteiger partial charge < -0.3 is 19.8 Å². The summed E-state index contributed by atoms with van der Waals surface area (Å²) in [6.07, 6.45) is 0. The van der Waals surface area contributed by atoms with Crippen LogP contribution in [0.15, 0.2) is 18.2 Å². The molecular weight excluding hydrogens is 234 g/mol. The van der Waals surface area contributed by atoms with Gasteiger partial charge in [0.15, 0.2) is 0 Å². The quantitative estimate of drug-likeness (QED) is 0.755. The number of rotatable bonds is 6. The van der Waals surface area contributed by atoms with Gasteiger partial charge in [-0.3, -0.25) is 4.79 Å². The van der Waals surface area contributed by atoms with Gasteiger partial charge in [0.1, 0.15) is 11.5 Å². The first-order valence-corrected chi connectivity index (χ1v) is 5.99. The number of phenols is 2. The smallest absolute Gasteiger partial charge is 0.257 e. The van der Waals surface area contributed by atoms with Crippen LogP contribution in [0.1, 0.15) is 24.2 Å². The van der Waals surface area contributed by atoms with Gasteiger partial charge >= 0.3 is 0 Å². The van der Waals surface area contributed by atoms with E-state index in [0.717, 1.165) is 6.07 Å². The molecule has 0 saturated carbocycles. The number of aromatic hydroxyl groups is 2. The van der Waals surface area contributed by atoms with Crippen molar-refractivity contribution in [3.63, 3.8) is 0 Å². The molecule has 0 atom stereocenters. The Labute approximate surface area is 107 Å². The van der Waals surface area contributed by atoms with E-state index in [2.05, 4.69) is 0 Å². The molecule has 0 unspecified atom stereocenters. The van der Waals surface area contributed by atoms with Crippen LogP contribution >= 0.6 is 0 Å². The van der Waals surface area contributed by atoms with Crippen molar-refractivity contribution in [1.82, 2.24) is 4.90 Å². The molecule has 5 nitrogen and oxygen atoms in total. The number of ether oxygens (including phenoxy) is 1. The van der Waals surface area contributed by atoms with E-state index in [1.165, 1.54) is 12.1 Å². The molecule has 1 aromatic carbocycles. The zero-order valence-electron chi connectivity index (χ0n) is 10.7. The average molecular weight is 253 g/mol. The summed E-state index contributed by atoms with van der Waals surface area (Å²) in [6, 6.07) is 3.95. The van der Waals surface area contributed by atoms with Crippen molar-refractivity contribution in [3.05, 3.63) is 23.8 Å². The van der Waals surface area contributed by atoms with Crippen molar-refractivity contribution in [2.75, 3.05) is 26.3 Å². The molecule has 5 heteroatoms. The second kappa shape index (κ2) is 6.86. The second-order valence-corrected chi connectivity index (χ2v) is 3.78. The topological polar surface area (TPSA) is 70.0 Å². The van der Waals surface area contributed by atoms with Gasteiger partial charge in [-0.15, -0.1) is 0 Å². The van der Waals surface area contributed by atoms with Crippen LogP contribution in [0, 0.1) is 0 Å². The van der Waals surface area contributed by atoms with Crippen LogP contribution < -0.4 is 0 Å². The summed E-state index contributed by atoms with van der Waals surface area (Å²) in [5.74, 6) is -0.550. The van der Waals surface area contributed by atoms with Crippen LogP contribution in [0.4, 0.5) is 0 Å². The Balaban J connectivity index is 2.76. The molecule has 1 rings (SSSR count). The Morgan fingerprint density at radius 2 is 2.06 bits per heavy atom. The monoisotopic (exact) mass is 253 g/mol. The average Bonchev–Trinajstić information content (AvgIpc) is 2.34. The Hall–Kier alpha value is -1.75. The van der Waals surface area contributed by atoms with Crippen molar-refractivity contribution >= 4 is 5.91 Å². The van der Waals surface area contributed by atoms with Gasteiger partial charge in [-0.05, 0) is 26.0 Å².